The normalized spacial score (nSPS) is 11.7. The number of aromatic amines is 1. The number of carbonyl (C=O) groups is 1. The molecule has 0 bridgehead atoms. The Morgan fingerprint density at radius 3 is 2.55 bits per heavy atom. The lowest BCUT2D eigenvalue weighted by atomic mass is 9.92. The van der Waals surface area contributed by atoms with Gasteiger partial charge in [0.2, 0.25) is 0 Å². The van der Waals surface area contributed by atoms with Crippen molar-refractivity contribution in [3.05, 3.63) is 109 Å². The average Bonchev–Trinajstić information content (AvgIpc) is 2.81. The van der Waals surface area contributed by atoms with Gasteiger partial charge in [-0.15, -0.1) is 0 Å². The number of hydrogen-bond acceptors (Lipinski definition) is 4. The third kappa shape index (κ3) is 4.29. The number of halogens is 1. The van der Waals surface area contributed by atoms with Crippen LogP contribution in [-0.4, -0.2) is 15.5 Å². The first-order valence-electron chi connectivity index (χ1n) is 10.2. The van der Waals surface area contributed by atoms with Gasteiger partial charge in [-0.25, -0.2) is 4.79 Å². The first-order valence-corrected chi connectivity index (χ1v) is 10.6. The van der Waals surface area contributed by atoms with Crippen LogP contribution in [0.3, 0.4) is 0 Å². The van der Waals surface area contributed by atoms with Gasteiger partial charge in [-0.05, 0) is 48.4 Å². The van der Waals surface area contributed by atoms with E-state index in [1.54, 1.807) is 25.1 Å². The summed E-state index contributed by atoms with van der Waals surface area (Å²) < 4.78 is 1.09. The molecule has 1 heterocycles. The van der Waals surface area contributed by atoms with Gasteiger partial charge in [0.25, 0.3) is 11.5 Å². The highest BCUT2D eigenvalue weighted by Crippen LogP contribution is 2.32. The maximum atomic E-state index is 12.8. The number of amides is 1. The van der Waals surface area contributed by atoms with E-state index < -0.39 is 23.1 Å². The summed E-state index contributed by atoms with van der Waals surface area (Å²) in [5, 5.41) is 13.1. The van der Waals surface area contributed by atoms with Crippen LogP contribution in [0.4, 0.5) is 5.69 Å². The molecule has 0 aliphatic heterocycles. The second-order valence-corrected chi connectivity index (χ2v) is 7.81. The van der Waals surface area contributed by atoms with Gasteiger partial charge < -0.3 is 10.3 Å². The molecular weight excluding hydrogens is 440 g/mol. The molecule has 4 aromatic rings. The van der Waals surface area contributed by atoms with Gasteiger partial charge in [-0.3, -0.25) is 14.2 Å². The summed E-state index contributed by atoms with van der Waals surface area (Å²) in [4.78, 5) is 39.9. The molecule has 0 spiro atoms. The lowest BCUT2D eigenvalue weighted by Crippen LogP contribution is -2.34. The molecule has 4 rings (SSSR count). The number of nitrogens with one attached hydrogen (secondary N) is 2. The number of benzene rings is 3. The minimum atomic E-state index is -0.534. The molecule has 33 heavy (non-hydrogen) atoms. The molecule has 0 saturated carbocycles. The molecule has 2 N–H and O–H groups in total. The van der Waals surface area contributed by atoms with Crippen molar-refractivity contribution in [1.29, 1.82) is 5.26 Å². The Morgan fingerprint density at radius 1 is 1.12 bits per heavy atom. The summed E-state index contributed by atoms with van der Waals surface area (Å²) in [7, 11) is 0. The number of fused-ring (bicyclic) bond motifs is 1. The number of aromatic nitrogens is 2. The first-order chi connectivity index (χ1) is 15.9. The topological polar surface area (TPSA) is 108 Å². The fraction of sp³-hybridized carbons (Fsp3) is 0.120. The molecule has 1 atom stereocenters. The second kappa shape index (κ2) is 9.15. The summed E-state index contributed by atoms with van der Waals surface area (Å²) in [5.41, 5.74) is 1.54. The Bertz CT molecular complexity index is 1520. The molecule has 0 radical (unpaired) electrons. The van der Waals surface area contributed by atoms with Crippen LogP contribution in [-0.2, 0) is 6.54 Å². The number of nitrogens with zero attached hydrogens (tertiary/aromatic N) is 2. The number of H-pyrrole nitrogens is 1. The molecule has 0 fully saturated rings. The Balaban J connectivity index is 1.61. The second-order valence-electron chi connectivity index (χ2n) is 7.40. The monoisotopic (exact) mass is 458 g/mol. The van der Waals surface area contributed by atoms with Gasteiger partial charge in [-0.2, -0.15) is 5.26 Å². The van der Waals surface area contributed by atoms with Gasteiger partial charge in [0.05, 0.1) is 22.9 Å². The number of nitriles is 1. The SMILES string of the molecule is CCn1c(=O)[nH]c2cc(C(=O)Nc3ccc(C(C#N)c4ccccc4)c(Cl)c3)ccc2c1=O. The van der Waals surface area contributed by atoms with Crippen LogP contribution in [0.15, 0.2) is 76.3 Å². The van der Waals surface area contributed by atoms with Crippen LogP contribution in [0.2, 0.25) is 5.02 Å². The third-order valence-electron chi connectivity index (χ3n) is 5.39. The van der Waals surface area contributed by atoms with E-state index in [0.717, 1.165) is 10.1 Å². The van der Waals surface area contributed by atoms with Crippen molar-refractivity contribution in [2.45, 2.75) is 19.4 Å². The molecular formula is C25H19ClN4O3. The number of anilines is 1. The molecule has 1 unspecified atom stereocenters. The summed E-state index contributed by atoms with van der Waals surface area (Å²) in [6, 6.07) is 21.1. The Hall–Kier alpha value is -4.15. The predicted molar refractivity (Wildman–Crippen MR) is 128 cm³/mol. The fourth-order valence-corrected chi connectivity index (χ4v) is 3.98. The van der Waals surface area contributed by atoms with E-state index in [1.165, 1.54) is 18.2 Å². The zero-order valence-corrected chi connectivity index (χ0v) is 18.4. The van der Waals surface area contributed by atoms with E-state index >= 15 is 0 Å². The minimum absolute atomic E-state index is 0.250. The van der Waals surface area contributed by atoms with Crippen LogP contribution < -0.4 is 16.6 Å². The predicted octanol–water partition coefficient (Wildman–Crippen LogP) is 4.27. The van der Waals surface area contributed by atoms with Crippen molar-refractivity contribution in [3.8, 4) is 6.07 Å². The maximum absolute atomic E-state index is 12.8. The van der Waals surface area contributed by atoms with E-state index in [-0.39, 0.29) is 17.6 Å². The highest BCUT2D eigenvalue weighted by Gasteiger charge is 2.17. The lowest BCUT2D eigenvalue weighted by Gasteiger charge is -2.14. The van der Waals surface area contributed by atoms with E-state index in [4.69, 9.17) is 11.6 Å². The standard InChI is InChI=1S/C25H19ClN4O3/c1-2-30-24(32)19-10-8-16(12-22(19)29-25(30)33)23(31)28-17-9-11-18(21(26)13-17)20(14-27)15-6-4-3-5-7-15/h3-13,20H,2H2,1H3,(H,28,31)(H,29,33). The smallest absolute Gasteiger partial charge is 0.322 e. The summed E-state index contributed by atoms with van der Waals surface area (Å²) in [6.07, 6.45) is 0. The zero-order valence-electron chi connectivity index (χ0n) is 17.6. The average molecular weight is 459 g/mol. The van der Waals surface area contributed by atoms with Crippen molar-refractivity contribution in [2.75, 3.05) is 5.32 Å². The molecule has 0 saturated heterocycles. The van der Waals surface area contributed by atoms with Crippen LogP contribution in [0.25, 0.3) is 10.9 Å². The van der Waals surface area contributed by atoms with Crippen molar-refractivity contribution >= 4 is 34.1 Å². The number of rotatable bonds is 5. The van der Waals surface area contributed by atoms with Gasteiger partial charge in [0.1, 0.15) is 0 Å². The summed E-state index contributed by atoms with van der Waals surface area (Å²) >= 11 is 6.44. The summed E-state index contributed by atoms with van der Waals surface area (Å²) in [5.74, 6) is -0.964. The molecule has 8 heteroatoms. The fourth-order valence-electron chi connectivity index (χ4n) is 3.69. The molecule has 7 nitrogen and oxygen atoms in total. The van der Waals surface area contributed by atoms with Crippen LogP contribution in [0.5, 0.6) is 0 Å². The van der Waals surface area contributed by atoms with E-state index in [9.17, 15) is 19.6 Å². The number of hydrogen-bond donors (Lipinski definition) is 2. The zero-order chi connectivity index (χ0) is 23.5. The minimum Gasteiger partial charge on any atom is -0.322 e. The quantitative estimate of drug-likeness (QED) is 0.465. The molecule has 1 amide bonds. The molecule has 164 valence electrons. The van der Waals surface area contributed by atoms with Crippen molar-refractivity contribution in [2.24, 2.45) is 0 Å². The molecule has 1 aromatic heterocycles. The third-order valence-corrected chi connectivity index (χ3v) is 5.72. The first kappa shape index (κ1) is 22.1. The van der Waals surface area contributed by atoms with E-state index in [1.807, 2.05) is 30.3 Å². The van der Waals surface area contributed by atoms with Crippen LogP contribution in [0.1, 0.15) is 34.3 Å². The maximum Gasteiger partial charge on any atom is 0.328 e. The Labute approximate surface area is 193 Å². The van der Waals surface area contributed by atoms with Crippen molar-refractivity contribution < 1.29 is 4.79 Å². The van der Waals surface area contributed by atoms with Crippen LogP contribution in [0, 0.1) is 11.3 Å². The van der Waals surface area contributed by atoms with Crippen LogP contribution >= 0.6 is 11.6 Å². The Morgan fingerprint density at radius 2 is 1.88 bits per heavy atom. The largest absolute Gasteiger partial charge is 0.328 e. The highest BCUT2D eigenvalue weighted by atomic mass is 35.5. The lowest BCUT2D eigenvalue weighted by molar-refractivity contribution is 0.102. The van der Waals surface area contributed by atoms with Crippen molar-refractivity contribution in [3.63, 3.8) is 0 Å². The van der Waals surface area contributed by atoms with E-state index in [0.29, 0.717) is 21.7 Å². The van der Waals surface area contributed by atoms with Crippen molar-refractivity contribution in [1.82, 2.24) is 9.55 Å². The van der Waals surface area contributed by atoms with Gasteiger partial charge in [-0.1, -0.05) is 48.0 Å². The summed E-state index contributed by atoms with van der Waals surface area (Å²) in [6.45, 7) is 1.96. The van der Waals surface area contributed by atoms with Gasteiger partial charge in [0, 0.05) is 22.8 Å². The van der Waals surface area contributed by atoms with E-state index in [2.05, 4.69) is 16.4 Å². The van der Waals surface area contributed by atoms with Gasteiger partial charge in [0.15, 0.2) is 0 Å². The number of carbonyl (C=O) groups excluding carboxylic acids is 1. The molecule has 3 aromatic carbocycles. The highest BCUT2D eigenvalue weighted by molar-refractivity contribution is 6.32. The van der Waals surface area contributed by atoms with Gasteiger partial charge >= 0.3 is 5.69 Å². The molecule has 0 aliphatic carbocycles. The Kier molecular flexibility index (Phi) is 6.11. The molecule has 0 aliphatic rings.